The van der Waals surface area contributed by atoms with Crippen molar-refractivity contribution in [3.05, 3.63) is 34.9 Å². The summed E-state index contributed by atoms with van der Waals surface area (Å²) < 4.78 is 0. The van der Waals surface area contributed by atoms with Crippen LogP contribution in [0.4, 0.5) is 0 Å². The molecular weight excluding hydrogens is 290 g/mol. The maximum absolute atomic E-state index is 12.8. The zero-order valence-electron chi connectivity index (χ0n) is 12.3. The van der Waals surface area contributed by atoms with Gasteiger partial charge in [0.25, 0.3) is 0 Å². The average Bonchev–Trinajstić information content (AvgIpc) is 2.50. The highest BCUT2D eigenvalue weighted by molar-refractivity contribution is 6.30. The highest BCUT2D eigenvalue weighted by atomic mass is 35.5. The number of hydrogen-bond acceptors (Lipinski definition) is 4. The Morgan fingerprint density at radius 1 is 1.38 bits per heavy atom. The first-order chi connectivity index (χ1) is 10.1. The zero-order chi connectivity index (χ0) is 15.2. The standard InChI is InChI=1S/C15H22ClN3O2/c1-18(10-11-20)14(12-2-4-13(16)5-3-12)15(21)19-8-6-17-7-9-19/h2-5,14,17,20H,6-11H2,1H3. The molecular formula is C15H22ClN3O2. The average molecular weight is 312 g/mol. The number of hydrogen-bond donors (Lipinski definition) is 2. The van der Waals surface area contributed by atoms with Crippen LogP contribution < -0.4 is 5.32 Å². The van der Waals surface area contributed by atoms with Gasteiger partial charge in [-0.2, -0.15) is 0 Å². The highest BCUT2D eigenvalue weighted by Crippen LogP contribution is 2.24. The number of amides is 1. The Bertz CT molecular complexity index is 460. The second kappa shape index (κ2) is 7.75. The molecule has 1 aliphatic rings. The van der Waals surface area contributed by atoms with Gasteiger partial charge in [-0.1, -0.05) is 23.7 Å². The number of rotatable bonds is 5. The van der Waals surface area contributed by atoms with E-state index in [9.17, 15) is 9.90 Å². The summed E-state index contributed by atoms with van der Waals surface area (Å²) in [5, 5.41) is 13.1. The Balaban J connectivity index is 2.22. The Hall–Kier alpha value is -1.14. The number of nitrogens with zero attached hydrogens (tertiary/aromatic N) is 2. The van der Waals surface area contributed by atoms with Crippen LogP contribution in [0.1, 0.15) is 11.6 Å². The smallest absolute Gasteiger partial charge is 0.244 e. The Kier molecular flexibility index (Phi) is 5.99. The summed E-state index contributed by atoms with van der Waals surface area (Å²) in [6, 6.07) is 6.96. The summed E-state index contributed by atoms with van der Waals surface area (Å²) in [6.45, 7) is 3.55. The number of benzene rings is 1. The minimum Gasteiger partial charge on any atom is -0.395 e. The number of likely N-dealkylation sites (N-methyl/N-ethyl adjacent to an activating group) is 1. The largest absolute Gasteiger partial charge is 0.395 e. The first-order valence-corrected chi connectivity index (χ1v) is 7.57. The van der Waals surface area contributed by atoms with Gasteiger partial charge < -0.3 is 15.3 Å². The lowest BCUT2D eigenvalue weighted by Crippen LogP contribution is -2.50. The van der Waals surface area contributed by atoms with Crippen molar-refractivity contribution < 1.29 is 9.90 Å². The van der Waals surface area contributed by atoms with E-state index in [0.717, 1.165) is 31.7 Å². The topological polar surface area (TPSA) is 55.8 Å². The SMILES string of the molecule is CN(CCO)C(C(=O)N1CCNCC1)c1ccc(Cl)cc1. The van der Waals surface area contributed by atoms with Crippen LogP contribution in [0.25, 0.3) is 0 Å². The minimum atomic E-state index is -0.382. The van der Waals surface area contributed by atoms with Gasteiger partial charge in [-0.3, -0.25) is 9.69 Å². The Labute approximate surface area is 130 Å². The fraction of sp³-hybridized carbons (Fsp3) is 0.533. The van der Waals surface area contributed by atoms with Crippen molar-refractivity contribution >= 4 is 17.5 Å². The monoisotopic (exact) mass is 311 g/mol. The second-order valence-electron chi connectivity index (χ2n) is 5.23. The molecule has 1 heterocycles. The quantitative estimate of drug-likeness (QED) is 0.842. The predicted molar refractivity (Wildman–Crippen MR) is 83.4 cm³/mol. The molecule has 0 bridgehead atoms. The van der Waals surface area contributed by atoms with E-state index in [1.807, 2.05) is 29.0 Å². The maximum Gasteiger partial charge on any atom is 0.244 e. The summed E-state index contributed by atoms with van der Waals surface area (Å²) in [4.78, 5) is 16.6. The summed E-state index contributed by atoms with van der Waals surface area (Å²) in [7, 11) is 1.86. The van der Waals surface area contributed by atoms with E-state index in [2.05, 4.69) is 5.32 Å². The number of aliphatic hydroxyl groups is 1. The van der Waals surface area contributed by atoms with E-state index in [4.69, 9.17) is 11.6 Å². The first-order valence-electron chi connectivity index (χ1n) is 7.19. The third-order valence-electron chi connectivity index (χ3n) is 3.74. The maximum atomic E-state index is 12.8. The third kappa shape index (κ3) is 4.17. The molecule has 6 heteroatoms. The summed E-state index contributed by atoms with van der Waals surface area (Å²) in [6.07, 6.45) is 0. The van der Waals surface area contributed by atoms with E-state index >= 15 is 0 Å². The van der Waals surface area contributed by atoms with E-state index < -0.39 is 0 Å². The van der Waals surface area contributed by atoms with Gasteiger partial charge in [-0.05, 0) is 24.7 Å². The Morgan fingerprint density at radius 3 is 2.57 bits per heavy atom. The van der Waals surface area contributed by atoms with Crippen molar-refractivity contribution in [2.45, 2.75) is 6.04 Å². The molecule has 0 aromatic heterocycles. The van der Waals surface area contributed by atoms with Gasteiger partial charge in [-0.25, -0.2) is 0 Å². The molecule has 1 fully saturated rings. The molecule has 1 unspecified atom stereocenters. The molecule has 1 aliphatic heterocycles. The normalized spacial score (nSPS) is 17.0. The van der Waals surface area contributed by atoms with Gasteiger partial charge >= 0.3 is 0 Å². The fourth-order valence-corrected chi connectivity index (χ4v) is 2.70. The van der Waals surface area contributed by atoms with Crippen LogP contribution in [-0.2, 0) is 4.79 Å². The molecule has 1 aromatic rings. The van der Waals surface area contributed by atoms with E-state index in [1.54, 1.807) is 12.1 Å². The lowest BCUT2D eigenvalue weighted by molar-refractivity contribution is -0.137. The van der Waals surface area contributed by atoms with Gasteiger partial charge in [0.1, 0.15) is 6.04 Å². The van der Waals surface area contributed by atoms with Gasteiger partial charge in [0.2, 0.25) is 5.91 Å². The lowest BCUT2D eigenvalue weighted by atomic mass is 10.0. The molecule has 2 N–H and O–H groups in total. The third-order valence-corrected chi connectivity index (χ3v) is 3.99. The number of carbonyl (C=O) groups is 1. The van der Waals surface area contributed by atoms with Crippen molar-refractivity contribution in [2.75, 3.05) is 46.4 Å². The van der Waals surface area contributed by atoms with E-state index in [1.165, 1.54) is 0 Å². The second-order valence-corrected chi connectivity index (χ2v) is 5.67. The molecule has 1 atom stereocenters. The van der Waals surface area contributed by atoms with Gasteiger partial charge in [0, 0.05) is 37.7 Å². The van der Waals surface area contributed by atoms with Crippen LogP contribution in [0.5, 0.6) is 0 Å². The van der Waals surface area contributed by atoms with Crippen molar-refractivity contribution in [3.63, 3.8) is 0 Å². The summed E-state index contributed by atoms with van der Waals surface area (Å²) >= 11 is 5.93. The van der Waals surface area contributed by atoms with Crippen molar-refractivity contribution in [2.24, 2.45) is 0 Å². The number of halogens is 1. The molecule has 0 spiro atoms. The predicted octanol–water partition coefficient (Wildman–Crippen LogP) is 0.737. The lowest BCUT2D eigenvalue weighted by Gasteiger charge is -2.34. The van der Waals surface area contributed by atoms with Gasteiger partial charge in [-0.15, -0.1) is 0 Å². The zero-order valence-corrected chi connectivity index (χ0v) is 13.0. The molecule has 5 nitrogen and oxygen atoms in total. The van der Waals surface area contributed by atoms with Crippen molar-refractivity contribution in [1.82, 2.24) is 15.1 Å². The molecule has 1 aromatic carbocycles. The fourth-order valence-electron chi connectivity index (χ4n) is 2.58. The van der Waals surface area contributed by atoms with Crippen molar-refractivity contribution in [1.29, 1.82) is 0 Å². The Morgan fingerprint density at radius 2 is 2.00 bits per heavy atom. The van der Waals surface area contributed by atoms with Crippen LogP contribution >= 0.6 is 11.6 Å². The molecule has 116 valence electrons. The number of piperazine rings is 1. The van der Waals surface area contributed by atoms with E-state index in [-0.39, 0.29) is 18.6 Å². The van der Waals surface area contributed by atoms with Gasteiger partial charge in [0.05, 0.1) is 6.61 Å². The summed E-state index contributed by atoms with van der Waals surface area (Å²) in [5.41, 5.74) is 0.902. The molecule has 2 rings (SSSR count). The molecule has 21 heavy (non-hydrogen) atoms. The molecule has 0 saturated carbocycles. The van der Waals surface area contributed by atoms with Crippen LogP contribution in [0.2, 0.25) is 5.02 Å². The molecule has 0 aliphatic carbocycles. The number of carbonyl (C=O) groups excluding carboxylic acids is 1. The van der Waals surface area contributed by atoms with Crippen LogP contribution in [0, 0.1) is 0 Å². The van der Waals surface area contributed by atoms with Crippen LogP contribution in [0.15, 0.2) is 24.3 Å². The van der Waals surface area contributed by atoms with Crippen molar-refractivity contribution in [3.8, 4) is 0 Å². The van der Waals surface area contributed by atoms with Crippen LogP contribution in [0.3, 0.4) is 0 Å². The van der Waals surface area contributed by atoms with Gasteiger partial charge in [0.15, 0.2) is 0 Å². The highest BCUT2D eigenvalue weighted by Gasteiger charge is 2.29. The molecule has 1 amide bonds. The van der Waals surface area contributed by atoms with E-state index in [0.29, 0.717) is 11.6 Å². The number of aliphatic hydroxyl groups excluding tert-OH is 1. The first kappa shape index (κ1) is 16.2. The number of nitrogens with one attached hydrogen (secondary N) is 1. The minimum absolute atomic E-state index is 0.0232. The molecule has 1 saturated heterocycles. The summed E-state index contributed by atoms with van der Waals surface area (Å²) in [5.74, 6) is 0.0785. The van der Waals surface area contributed by atoms with Crippen LogP contribution in [-0.4, -0.2) is 67.2 Å². The molecule has 0 radical (unpaired) electrons.